The van der Waals surface area contributed by atoms with Gasteiger partial charge in [0.1, 0.15) is 0 Å². The van der Waals surface area contributed by atoms with Crippen molar-refractivity contribution in [2.24, 2.45) is 0 Å². The molecule has 0 aromatic heterocycles. The van der Waals surface area contributed by atoms with Crippen LogP contribution in [0.15, 0.2) is 48.5 Å². The van der Waals surface area contributed by atoms with Crippen molar-refractivity contribution < 1.29 is 4.79 Å². The molecule has 0 saturated carbocycles. The third kappa shape index (κ3) is 2.44. The van der Waals surface area contributed by atoms with Gasteiger partial charge in [0.15, 0.2) is 0 Å². The van der Waals surface area contributed by atoms with Crippen LogP contribution in [0.2, 0.25) is 5.02 Å². The molecule has 0 bridgehead atoms. The van der Waals surface area contributed by atoms with E-state index in [4.69, 9.17) is 11.6 Å². The molecule has 0 radical (unpaired) electrons. The van der Waals surface area contributed by atoms with Gasteiger partial charge in [-0.25, -0.2) is 0 Å². The second-order valence-corrected chi connectivity index (χ2v) is 5.70. The highest BCUT2D eigenvalue weighted by molar-refractivity contribution is 6.30. The minimum atomic E-state index is 0.0505. The molecule has 20 heavy (non-hydrogen) atoms. The van der Waals surface area contributed by atoms with Crippen molar-refractivity contribution in [3.05, 3.63) is 70.2 Å². The molecule has 1 aliphatic rings. The lowest BCUT2D eigenvalue weighted by atomic mass is 9.94. The molecule has 1 amide bonds. The molecule has 1 atom stereocenters. The molecule has 102 valence electrons. The zero-order valence-corrected chi connectivity index (χ0v) is 12.1. The number of nitrogens with zero attached hydrogens (tertiary/aromatic N) is 1. The Kier molecular flexibility index (Phi) is 3.49. The average Bonchev–Trinajstić information content (AvgIpc) is 2.46. The van der Waals surface area contributed by atoms with Crippen LogP contribution in [0.4, 0.5) is 0 Å². The zero-order valence-electron chi connectivity index (χ0n) is 11.3. The first-order valence-electron chi connectivity index (χ1n) is 6.78. The Hall–Kier alpha value is -1.80. The number of halogens is 1. The van der Waals surface area contributed by atoms with Gasteiger partial charge in [-0.3, -0.25) is 4.79 Å². The van der Waals surface area contributed by atoms with E-state index in [0.29, 0.717) is 17.1 Å². The summed E-state index contributed by atoms with van der Waals surface area (Å²) in [5, 5.41) is 0.598. The topological polar surface area (TPSA) is 20.3 Å². The van der Waals surface area contributed by atoms with Crippen molar-refractivity contribution >= 4 is 17.5 Å². The van der Waals surface area contributed by atoms with Crippen LogP contribution in [0.3, 0.4) is 0 Å². The van der Waals surface area contributed by atoms with Crippen molar-refractivity contribution in [1.82, 2.24) is 4.90 Å². The number of fused-ring (bicyclic) bond motifs is 1. The van der Waals surface area contributed by atoms with Crippen molar-refractivity contribution in [3.63, 3.8) is 0 Å². The second kappa shape index (κ2) is 5.29. The minimum absolute atomic E-state index is 0.0505. The van der Waals surface area contributed by atoms with E-state index in [9.17, 15) is 4.79 Å². The van der Waals surface area contributed by atoms with Gasteiger partial charge in [0.25, 0.3) is 5.91 Å². The first-order chi connectivity index (χ1) is 9.65. The van der Waals surface area contributed by atoms with Gasteiger partial charge in [-0.1, -0.05) is 41.9 Å². The second-order valence-electron chi connectivity index (χ2n) is 5.27. The minimum Gasteiger partial charge on any atom is -0.331 e. The summed E-state index contributed by atoms with van der Waals surface area (Å²) in [6.45, 7) is 2.76. The third-order valence-corrected chi connectivity index (χ3v) is 4.07. The molecule has 2 nitrogen and oxygen atoms in total. The summed E-state index contributed by atoms with van der Waals surface area (Å²) in [5.41, 5.74) is 3.24. The van der Waals surface area contributed by atoms with E-state index >= 15 is 0 Å². The maximum atomic E-state index is 12.6. The summed E-state index contributed by atoms with van der Waals surface area (Å²) in [7, 11) is 0. The van der Waals surface area contributed by atoms with Gasteiger partial charge in [-0.05, 0) is 42.7 Å². The standard InChI is InChI=1S/C17H16ClNO/c1-12-9-13-5-2-3-6-15(13)11-19(12)17(20)14-7-4-8-16(18)10-14/h2-8,10,12H,9,11H2,1H3. The highest BCUT2D eigenvalue weighted by Crippen LogP contribution is 2.25. The molecule has 2 aromatic rings. The fraction of sp³-hybridized carbons (Fsp3) is 0.235. The molecule has 3 heteroatoms. The molecule has 0 aliphatic carbocycles. The van der Waals surface area contributed by atoms with Crippen LogP contribution in [-0.4, -0.2) is 16.8 Å². The zero-order chi connectivity index (χ0) is 14.1. The number of carbonyl (C=O) groups excluding carboxylic acids is 1. The molecule has 2 aromatic carbocycles. The monoisotopic (exact) mass is 285 g/mol. The molecule has 1 heterocycles. The van der Waals surface area contributed by atoms with Crippen LogP contribution >= 0.6 is 11.6 Å². The van der Waals surface area contributed by atoms with Crippen LogP contribution in [0.5, 0.6) is 0 Å². The van der Waals surface area contributed by atoms with Crippen LogP contribution in [0.25, 0.3) is 0 Å². The SMILES string of the molecule is CC1Cc2ccccc2CN1C(=O)c1cccc(Cl)c1. The lowest BCUT2D eigenvalue weighted by molar-refractivity contribution is 0.0658. The maximum absolute atomic E-state index is 12.6. The van der Waals surface area contributed by atoms with E-state index in [2.05, 4.69) is 25.1 Å². The molecule has 3 rings (SSSR count). The van der Waals surface area contributed by atoms with Gasteiger partial charge in [0.05, 0.1) is 0 Å². The lowest BCUT2D eigenvalue weighted by Crippen LogP contribution is -2.42. The number of hydrogen-bond donors (Lipinski definition) is 0. The van der Waals surface area contributed by atoms with Crippen molar-refractivity contribution in [3.8, 4) is 0 Å². The molecule has 1 aliphatic heterocycles. The van der Waals surface area contributed by atoms with Crippen molar-refractivity contribution in [1.29, 1.82) is 0 Å². The largest absolute Gasteiger partial charge is 0.331 e. The van der Waals surface area contributed by atoms with Crippen molar-refractivity contribution in [2.75, 3.05) is 0 Å². The number of amides is 1. The van der Waals surface area contributed by atoms with E-state index in [1.165, 1.54) is 11.1 Å². The molecule has 1 unspecified atom stereocenters. The van der Waals surface area contributed by atoms with E-state index < -0.39 is 0 Å². The Morgan fingerprint density at radius 1 is 1.15 bits per heavy atom. The van der Waals surface area contributed by atoms with Gasteiger partial charge >= 0.3 is 0 Å². The Labute approximate surface area is 124 Å². The molecule has 0 N–H and O–H groups in total. The van der Waals surface area contributed by atoms with E-state index in [1.54, 1.807) is 12.1 Å². The predicted octanol–water partition coefficient (Wildman–Crippen LogP) is 3.93. The van der Waals surface area contributed by atoms with E-state index in [0.717, 1.165) is 6.42 Å². The molecular formula is C17H16ClNO. The quantitative estimate of drug-likeness (QED) is 0.777. The van der Waals surface area contributed by atoms with Crippen LogP contribution in [0, 0.1) is 0 Å². The van der Waals surface area contributed by atoms with Gasteiger partial charge in [0.2, 0.25) is 0 Å². The van der Waals surface area contributed by atoms with Gasteiger partial charge in [0, 0.05) is 23.2 Å². The maximum Gasteiger partial charge on any atom is 0.254 e. The fourth-order valence-electron chi connectivity index (χ4n) is 2.74. The number of benzene rings is 2. The summed E-state index contributed by atoms with van der Waals surface area (Å²) in [6.07, 6.45) is 0.905. The summed E-state index contributed by atoms with van der Waals surface area (Å²) in [5.74, 6) is 0.0505. The highest BCUT2D eigenvalue weighted by atomic mass is 35.5. The number of rotatable bonds is 1. The highest BCUT2D eigenvalue weighted by Gasteiger charge is 2.27. The molecule has 0 fully saturated rings. The lowest BCUT2D eigenvalue weighted by Gasteiger charge is -2.35. The summed E-state index contributed by atoms with van der Waals surface area (Å²) < 4.78 is 0. The van der Waals surface area contributed by atoms with Gasteiger partial charge in [-0.15, -0.1) is 0 Å². The Morgan fingerprint density at radius 3 is 2.65 bits per heavy atom. The Morgan fingerprint density at radius 2 is 1.90 bits per heavy atom. The predicted molar refractivity (Wildman–Crippen MR) is 80.9 cm³/mol. The number of carbonyl (C=O) groups is 1. The number of hydrogen-bond acceptors (Lipinski definition) is 1. The van der Waals surface area contributed by atoms with Crippen LogP contribution in [-0.2, 0) is 13.0 Å². The normalized spacial score (nSPS) is 17.7. The third-order valence-electron chi connectivity index (χ3n) is 3.84. The fourth-order valence-corrected chi connectivity index (χ4v) is 2.93. The van der Waals surface area contributed by atoms with Crippen molar-refractivity contribution in [2.45, 2.75) is 25.9 Å². The summed E-state index contributed by atoms with van der Waals surface area (Å²) >= 11 is 5.97. The summed E-state index contributed by atoms with van der Waals surface area (Å²) in [4.78, 5) is 14.6. The van der Waals surface area contributed by atoms with Crippen LogP contribution in [0.1, 0.15) is 28.4 Å². The van der Waals surface area contributed by atoms with E-state index in [1.807, 2.05) is 23.1 Å². The molecule has 0 saturated heterocycles. The Balaban J connectivity index is 1.90. The smallest absolute Gasteiger partial charge is 0.254 e. The first kappa shape index (κ1) is 13.2. The molecule has 0 spiro atoms. The Bertz CT molecular complexity index is 653. The average molecular weight is 286 g/mol. The molecular weight excluding hydrogens is 270 g/mol. The first-order valence-corrected chi connectivity index (χ1v) is 7.16. The summed E-state index contributed by atoms with van der Waals surface area (Å²) in [6, 6.07) is 15.7. The van der Waals surface area contributed by atoms with E-state index in [-0.39, 0.29) is 11.9 Å². The van der Waals surface area contributed by atoms with Gasteiger partial charge in [-0.2, -0.15) is 0 Å². The van der Waals surface area contributed by atoms with Gasteiger partial charge < -0.3 is 4.90 Å². The van der Waals surface area contributed by atoms with Crippen LogP contribution < -0.4 is 0 Å².